The average Bonchev–Trinajstić information content (AvgIpc) is 1.12. The van der Waals surface area contributed by atoms with Gasteiger partial charge in [0.05, 0.1) is 43.8 Å². The van der Waals surface area contributed by atoms with Crippen molar-refractivity contribution in [2.24, 2.45) is 0 Å². The Morgan fingerprint density at radius 1 is 0.478 bits per heavy atom. The number of carbonyl (C=O) groups is 4. The smallest absolute Gasteiger partial charge is 0.221 e. The Hall–Kier alpha value is -4.62. The molecule has 39 heteroatoms. The Morgan fingerprint density at radius 2 is 0.933 bits per heavy atom. The standard InChI is InChI=1S/C51H90N4O35/c1-18(62)30(52-19(2)63)36(72)26(8-13-58)84-46(79)33(55-22(5)66)37(73)27(9-14-59)85-49(82)42(78)43(90-51-45(41(77)39(75)29(17-61)87-51)89-48(81)32(54-21(4)65)35(71)24(68)7-12-57)25(69)10-15-83-50-44(40(76)38(74)28(16-60)86-50)88-47(80)31(53-20(3)64)34(70)23(67)6-11-56/h18,23-29,31,34,38-51,56-62,67-82H,6-17H2,1-5H3,(H,52,63)(H,53,64)(H,54,65)(H,55,66)/b35-32-,36-30-,37-33-/t18-,23+,24+,25+,26+,27+,28?,29?,31?,34?,38+,39+,40?,41?,42?,43?,44?,45?,46-,47-,48-,49-,50-,51+/m0/s1. The molecule has 0 spiro atoms. The van der Waals surface area contributed by atoms with Crippen LogP contribution in [0.5, 0.6) is 0 Å². The molecule has 2 heterocycles. The van der Waals surface area contributed by atoms with E-state index in [0.717, 1.165) is 34.6 Å². The summed E-state index contributed by atoms with van der Waals surface area (Å²) in [4.78, 5) is 48.7. The zero-order chi connectivity index (χ0) is 68.6. The third-order valence-corrected chi connectivity index (χ3v) is 13.5. The van der Waals surface area contributed by atoms with Gasteiger partial charge in [0.2, 0.25) is 36.2 Å². The van der Waals surface area contributed by atoms with E-state index in [1.165, 1.54) is 0 Å². The quantitative estimate of drug-likeness (QED) is 0.0200. The Bertz CT molecular complexity index is 2290. The second-order valence-corrected chi connectivity index (χ2v) is 20.6. The molecular weight excluding hydrogens is 1230 g/mol. The Kier molecular flexibility index (Phi) is 36.0. The summed E-state index contributed by atoms with van der Waals surface area (Å²) in [6, 6.07) is -1.95. The van der Waals surface area contributed by atoms with Gasteiger partial charge in [-0.05, 0) is 19.8 Å². The van der Waals surface area contributed by atoms with Crippen LogP contribution >= 0.6 is 0 Å². The fourth-order valence-corrected chi connectivity index (χ4v) is 8.88. The van der Waals surface area contributed by atoms with Crippen LogP contribution in [-0.2, 0) is 57.1 Å². The van der Waals surface area contributed by atoms with Crippen LogP contribution in [0.25, 0.3) is 0 Å². The molecule has 0 aliphatic carbocycles. The Balaban J connectivity index is 2.87. The second-order valence-electron chi connectivity index (χ2n) is 20.6. The predicted octanol–water partition coefficient (Wildman–Crippen LogP) is -11.6. The molecule has 2 rings (SSSR count). The molecular formula is C51H90N4O35. The van der Waals surface area contributed by atoms with Crippen LogP contribution in [0.3, 0.4) is 0 Å². The second kappa shape index (κ2) is 39.8. The third kappa shape index (κ3) is 24.1. The molecule has 2 fully saturated rings. The molecule has 2 saturated heterocycles. The Morgan fingerprint density at radius 3 is 1.40 bits per heavy atom. The van der Waals surface area contributed by atoms with Gasteiger partial charge in [0.1, 0.15) is 120 Å². The molecule has 24 atom stereocenters. The van der Waals surface area contributed by atoms with Gasteiger partial charge < -0.3 is 177 Å². The number of nitrogens with one attached hydrogen (secondary N) is 4. The summed E-state index contributed by atoms with van der Waals surface area (Å²) < 4.78 is 44.7. The van der Waals surface area contributed by atoms with Crippen LogP contribution in [0.15, 0.2) is 34.4 Å². The number of carbonyl (C=O) groups excluding carboxylic acids is 4. The lowest BCUT2D eigenvalue weighted by Crippen LogP contribution is -2.63. The Labute approximate surface area is 513 Å². The van der Waals surface area contributed by atoms with Crippen molar-refractivity contribution in [3.8, 4) is 0 Å². The van der Waals surface area contributed by atoms with E-state index in [4.69, 9.17) is 37.9 Å². The van der Waals surface area contributed by atoms with Crippen LogP contribution in [0.2, 0.25) is 0 Å². The molecule has 0 radical (unpaired) electrons. The first-order valence-corrected chi connectivity index (χ1v) is 27.9. The maximum atomic E-state index is 12.5. The number of rotatable bonds is 40. The van der Waals surface area contributed by atoms with Crippen LogP contribution in [0.1, 0.15) is 66.7 Å². The van der Waals surface area contributed by atoms with E-state index in [-0.39, 0.29) is 0 Å². The van der Waals surface area contributed by atoms with Gasteiger partial charge in [-0.25, -0.2) is 0 Å². The van der Waals surface area contributed by atoms with Crippen LogP contribution in [0.4, 0.5) is 0 Å². The molecule has 39 nitrogen and oxygen atoms in total. The van der Waals surface area contributed by atoms with E-state index in [2.05, 4.69) is 10.6 Å². The number of hydrogen-bond donors (Lipinski definition) is 27. The molecule has 2 aliphatic rings. The van der Waals surface area contributed by atoms with E-state index in [9.17, 15) is 137 Å². The molecule has 4 amide bonds. The van der Waals surface area contributed by atoms with Crippen LogP contribution in [-0.4, -0.2) is 335 Å². The van der Waals surface area contributed by atoms with Crippen molar-refractivity contribution in [3.05, 3.63) is 34.4 Å². The zero-order valence-electron chi connectivity index (χ0n) is 49.5. The largest absolute Gasteiger partial charge is 0.508 e. The minimum atomic E-state index is -2.90. The highest BCUT2D eigenvalue weighted by Gasteiger charge is 2.51. The van der Waals surface area contributed by atoms with E-state index < -0.39 is 284 Å². The highest BCUT2D eigenvalue weighted by molar-refractivity contribution is 5.76. The number of aliphatic hydroxyl groups is 23. The summed E-state index contributed by atoms with van der Waals surface area (Å²) in [5.74, 6) is -7.37. The van der Waals surface area contributed by atoms with Gasteiger partial charge in [0.15, 0.2) is 25.2 Å². The van der Waals surface area contributed by atoms with Crippen molar-refractivity contribution in [1.29, 1.82) is 0 Å². The number of aliphatic hydroxyl groups excluding tert-OH is 23. The summed E-state index contributed by atoms with van der Waals surface area (Å²) in [5, 5.41) is 256. The predicted molar refractivity (Wildman–Crippen MR) is 291 cm³/mol. The van der Waals surface area contributed by atoms with E-state index in [1.54, 1.807) is 0 Å². The minimum absolute atomic E-state index is 0.491. The number of hydrogen-bond acceptors (Lipinski definition) is 35. The molecule has 10 unspecified atom stereocenters. The first-order chi connectivity index (χ1) is 42.2. The summed E-state index contributed by atoms with van der Waals surface area (Å²) in [7, 11) is 0. The minimum Gasteiger partial charge on any atom is -0.508 e. The highest BCUT2D eigenvalue weighted by atomic mass is 16.7. The third-order valence-electron chi connectivity index (χ3n) is 13.5. The van der Waals surface area contributed by atoms with Crippen LogP contribution < -0.4 is 21.3 Å². The summed E-state index contributed by atoms with van der Waals surface area (Å²) >= 11 is 0. The van der Waals surface area contributed by atoms with Crippen molar-refractivity contribution in [2.75, 3.05) is 46.2 Å². The van der Waals surface area contributed by atoms with Gasteiger partial charge in [0.25, 0.3) is 0 Å². The van der Waals surface area contributed by atoms with Crippen molar-refractivity contribution in [2.45, 2.75) is 214 Å². The van der Waals surface area contributed by atoms with Crippen molar-refractivity contribution < 1.29 is 175 Å². The van der Waals surface area contributed by atoms with Gasteiger partial charge >= 0.3 is 0 Å². The van der Waals surface area contributed by atoms with Gasteiger partial charge in [-0.15, -0.1) is 0 Å². The fraction of sp³-hybridized carbons (Fsp3) is 0.804. The lowest BCUT2D eigenvalue weighted by Gasteiger charge is -2.45. The lowest BCUT2D eigenvalue weighted by molar-refractivity contribution is -0.352. The maximum Gasteiger partial charge on any atom is 0.221 e. The average molecular weight is 1320 g/mol. The molecule has 0 bridgehead atoms. The molecule has 0 saturated carbocycles. The summed E-state index contributed by atoms with van der Waals surface area (Å²) in [6.45, 7) is -1.70. The molecule has 27 N–H and O–H groups in total. The maximum absolute atomic E-state index is 12.5. The topological polar surface area (TPSA) is 656 Å². The van der Waals surface area contributed by atoms with Crippen molar-refractivity contribution in [1.82, 2.24) is 21.3 Å². The fourth-order valence-electron chi connectivity index (χ4n) is 8.88. The van der Waals surface area contributed by atoms with Gasteiger partial charge in [0, 0.05) is 73.4 Å². The van der Waals surface area contributed by atoms with E-state index >= 15 is 0 Å². The molecule has 0 aromatic rings. The normalized spacial score (nSPS) is 27.9. The van der Waals surface area contributed by atoms with E-state index in [1.807, 2.05) is 10.6 Å². The van der Waals surface area contributed by atoms with Gasteiger partial charge in [-0.3, -0.25) is 19.2 Å². The lowest BCUT2D eigenvalue weighted by atomic mass is 9.98. The molecule has 524 valence electrons. The SMILES string of the molecule is CC(=O)N/C(=C(\O)[C@@H](CCO)O[C@H](O)/C(NC(C)=O)=C(/O)[C@@H](CCO)O[C@H](O)C(O)C(O[C@H]1OC(CO)[C@@H](O)C(O)C1O[C@H](O)/C(NC(C)=O)=C(/O)[C@H](O)CCO)[C@H](O)CCO[C@H]1OC(CO)[C@@H](O)C(O)C1O[C@H](O)C(NC(C)=O)C(O)[C@H](O)CCO)[C@H](C)O. The van der Waals surface area contributed by atoms with Crippen molar-refractivity contribution in [3.63, 3.8) is 0 Å². The first kappa shape index (κ1) is 81.5. The highest BCUT2D eigenvalue weighted by Crippen LogP contribution is 2.32. The molecule has 90 heavy (non-hydrogen) atoms. The van der Waals surface area contributed by atoms with Gasteiger partial charge in [-0.1, -0.05) is 0 Å². The molecule has 0 aromatic carbocycles. The molecule has 0 aromatic heterocycles. The zero-order valence-corrected chi connectivity index (χ0v) is 49.5. The van der Waals surface area contributed by atoms with Crippen molar-refractivity contribution >= 4 is 23.6 Å². The summed E-state index contributed by atoms with van der Waals surface area (Å²) in [5.41, 5.74) is -2.70. The summed E-state index contributed by atoms with van der Waals surface area (Å²) in [6.07, 6.45) is -55.1. The van der Waals surface area contributed by atoms with Crippen LogP contribution in [0, 0.1) is 0 Å². The van der Waals surface area contributed by atoms with Gasteiger partial charge in [-0.2, -0.15) is 0 Å². The first-order valence-electron chi connectivity index (χ1n) is 27.9. The molecule has 2 aliphatic heterocycles. The number of amides is 4. The van der Waals surface area contributed by atoms with E-state index in [0.29, 0.717) is 0 Å². The number of ether oxygens (including phenoxy) is 8. The monoisotopic (exact) mass is 1320 g/mol.